The molecule has 1 saturated heterocycles. The molecule has 6 heteroatoms. The molecule has 1 heterocycles. The van der Waals surface area contributed by atoms with Crippen molar-refractivity contribution in [3.8, 4) is 0 Å². The lowest BCUT2D eigenvalue weighted by atomic mass is 10.1. The Morgan fingerprint density at radius 3 is 2.25 bits per heavy atom. The van der Waals surface area contributed by atoms with Crippen LogP contribution in [0.3, 0.4) is 0 Å². The van der Waals surface area contributed by atoms with Gasteiger partial charge in [0.2, 0.25) is 11.8 Å². The summed E-state index contributed by atoms with van der Waals surface area (Å²) in [5.41, 5.74) is 1.25. The Kier molecular flexibility index (Phi) is 6.70. The molecule has 1 aliphatic heterocycles. The van der Waals surface area contributed by atoms with Crippen LogP contribution < -0.4 is 10.6 Å². The summed E-state index contributed by atoms with van der Waals surface area (Å²) in [5.74, 6) is -0.500. The number of hydrogen-bond donors (Lipinski definition) is 2. The number of nitrogens with zero attached hydrogens (tertiary/aromatic N) is 1. The normalized spacial score (nSPS) is 20.9. The lowest BCUT2D eigenvalue weighted by molar-refractivity contribution is -0.129. The molecule has 6 nitrogen and oxygen atoms in total. The molecule has 0 radical (unpaired) electrons. The van der Waals surface area contributed by atoms with Gasteiger partial charge in [0, 0.05) is 36.3 Å². The molecule has 3 amide bonds. The van der Waals surface area contributed by atoms with Gasteiger partial charge in [-0.3, -0.25) is 14.4 Å². The van der Waals surface area contributed by atoms with Crippen LogP contribution in [0.25, 0.3) is 0 Å². The van der Waals surface area contributed by atoms with E-state index in [1.807, 2.05) is 13.8 Å². The van der Waals surface area contributed by atoms with Gasteiger partial charge in [0.25, 0.3) is 5.91 Å². The predicted octanol–water partition coefficient (Wildman–Crippen LogP) is 3.33. The summed E-state index contributed by atoms with van der Waals surface area (Å²) in [4.78, 5) is 38.7. The standard InChI is InChI=1S/C22H31N3O3/c1-15(2)25-14-17(13-20(25)26)22(28)24-19-11-9-16(10-12-19)21(27)23-18-7-5-3-4-6-8-18/h9-12,15,17-18H,3-8,13-14H2,1-2H3,(H,23,27)(H,24,28). The Hall–Kier alpha value is -2.37. The van der Waals surface area contributed by atoms with Crippen molar-refractivity contribution >= 4 is 23.4 Å². The van der Waals surface area contributed by atoms with E-state index >= 15 is 0 Å². The first-order chi connectivity index (χ1) is 13.4. The summed E-state index contributed by atoms with van der Waals surface area (Å²) in [6.07, 6.45) is 7.21. The second-order valence-electron chi connectivity index (χ2n) is 8.27. The maximum Gasteiger partial charge on any atom is 0.251 e. The van der Waals surface area contributed by atoms with Crippen LogP contribution in [-0.2, 0) is 9.59 Å². The third-order valence-corrected chi connectivity index (χ3v) is 5.76. The van der Waals surface area contributed by atoms with Crippen LogP contribution in [0.15, 0.2) is 24.3 Å². The van der Waals surface area contributed by atoms with E-state index in [-0.39, 0.29) is 42.1 Å². The number of anilines is 1. The summed E-state index contributed by atoms with van der Waals surface area (Å²) in [5, 5.41) is 6.00. The van der Waals surface area contributed by atoms with Gasteiger partial charge in [-0.25, -0.2) is 0 Å². The molecule has 28 heavy (non-hydrogen) atoms. The Balaban J connectivity index is 1.53. The van der Waals surface area contributed by atoms with Crippen LogP contribution in [0.4, 0.5) is 5.69 Å². The van der Waals surface area contributed by atoms with Crippen molar-refractivity contribution in [1.29, 1.82) is 0 Å². The Morgan fingerprint density at radius 1 is 1.04 bits per heavy atom. The Bertz CT molecular complexity index is 706. The van der Waals surface area contributed by atoms with Crippen LogP contribution in [0.1, 0.15) is 69.2 Å². The van der Waals surface area contributed by atoms with E-state index in [1.54, 1.807) is 29.2 Å². The van der Waals surface area contributed by atoms with Crippen molar-refractivity contribution in [2.45, 2.75) is 70.9 Å². The van der Waals surface area contributed by atoms with Gasteiger partial charge in [-0.1, -0.05) is 25.7 Å². The molecular weight excluding hydrogens is 354 g/mol. The highest BCUT2D eigenvalue weighted by Gasteiger charge is 2.35. The van der Waals surface area contributed by atoms with Gasteiger partial charge in [0.05, 0.1) is 5.92 Å². The highest BCUT2D eigenvalue weighted by atomic mass is 16.2. The molecule has 1 saturated carbocycles. The molecule has 0 aromatic heterocycles. The number of benzene rings is 1. The number of rotatable bonds is 5. The average molecular weight is 386 g/mol. The fraction of sp³-hybridized carbons (Fsp3) is 0.591. The molecule has 0 bridgehead atoms. The summed E-state index contributed by atoms with van der Waals surface area (Å²) in [6, 6.07) is 7.34. The van der Waals surface area contributed by atoms with E-state index in [2.05, 4.69) is 10.6 Å². The quantitative estimate of drug-likeness (QED) is 0.763. The van der Waals surface area contributed by atoms with Crippen LogP contribution in [-0.4, -0.2) is 41.2 Å². The van der Waals surface area contributed by atoms with E-state index in [4.69, 9.17) is 0 Å². The molecule has 2 aliphatic rings. The van der Waals surface area contributed by atoms with E-state index in [0.29, 0.717) is 17.8 Å². The van der Waals surface area contributed by atoms with Crippen molar-refractivity contribution < 1.29 is 14.4 Å². The second kappa shape index (κ2) is 9.22. The molecule has 1 aliphatic carbocycles. The van der Waals surface area contributed by atoms with Crippen LogP contribution in [0, 0.1) is 5.92 Å². The highest BCUT2D eigenvalue weighted by molar-refractivity contribution is 5.98. The van der Waals surface area contributed by atoms with Gasteiger partial charge >= 0.3 is 0 Å². The Labute approximate surface area is 167 Å². The minimum Gasteiger partial charge on any atom is -0.349 e. The minimum atomic E-state index is -0.326. The highest BCUT2D eigenvalue weighted by Crippen LogP contribution is 2.22. The maximum atomic E-state index is 12.5. The summed E-state index contributed by atoms with van der Waals surface area (Å²) < 4.78 is 0. The zero-order valence-corrected chi connectivity index (χ0v) is 16.9. The molecule has 2 N–H and O–H groups in total. The fourth-order valence-electron chi connectivity index (χ4n) is 4.05. The summed E-state index contributed by atoms with van der Waals surface area (Å²) in [7, 11) is 0. The second-order valence-corrected chi connectivity index (χ2v) is 8.27. The third kappa shape index (κ3) is 5.12. The number of amides is 3. The van der Waals surface area contributed by atoms with Crippen molar-refractivity contribution in [2.24, 2.45) is 5.92 Å². The van der Waals surface area contributed by atoms with E-state index in [1.165, 1.54) is 25.7 Å². The lowest BCUT2D eigenvalue weighted by Crippen LogP contribution is -2.34. The molecule has 152 valence electrons. The molecule has 2 fully saturated rings. The molecule has 0 spiro atoms. The minimum absolute atomic E-state index is 0.0284. The number of likely N-dealkylation sites (tertiary alicyclic amines) is 1. The number of carbonyl (C=O) groups excluding carboxylic acids is 3. The zero-order chi connectivity index (χ0) is 20.1. The maximum absolute atomic E-state index is 12.5. The largest absolute Gasteiger partial charge is 0.349 e. The predicted molar refractivity (Wildman–Crippen MR) is 109 cm³/mol. The molecule has 3 rings (SSSR count). The van der Waals surface area contributed by atoms with E-state index in [9.17, 15) is 14.4 Å². The van der Waals surface area contributed by atoms with Gasteiger partial charge in [0.1, 0.15) is 0 Å². The van der Waals surface area contributed by atoms with Gasteiger partial charge in [-0.05, 0) is 51.0 Å². The first-order valence-corrected chi connectivity index (χ1v) is 10.5. The average Bonchev–Trinajstić information content (AvgIpc) is 2.89. The molecular formula is C22H31N3O3. The molecule has 1 unspecified atom stereocenters. The number of hydrogen-bond acceptors (Lipinski definition) is 3. The van der Waals surface area contributed by atoms with Gasteiger partial charge in [-0.15, -0.1) is 0 Å². The Morgan fingerprint density at radius 2 is 1.68 bits per heavy atom. The fourth-order valence-corrected chi connectivity index (χ4v) is 4.05. The van der Waals surface area contributed by atoms with Gasteiger partial charge in [-0.2, -0.15) is 0 Å². The SMILES string of the molecule is CC(C)N1CC(C(=O)Nc2ccc(C(=O)NC3CCCCCC3)cc2)CC1=O. The van der Waals surface area contributed by atoms with Crippen LogP contribution in [0.2, 0.25) is 0 Å². The van der Waals surface area contributed by atoms with Gasteiger partial charge < -0.3 is 15.5 Å². The molecule has 1 aromatic rings. The van der Waals surface area contributed by atoms with Crippen LogP contribution >= 0.6 is 0 Å². The van der Waals surface area contributed by atoms with Crippen molar-refractivity contribution in [2.75, 3.05) is 11.9 Å². The van der Waals surface area contributed by atoms with Crippen molar-refractivity contribution in [1.82, 2.24) is 10.2 Å². The zero-order valence-electron chi connectivity index (χ0n) is 16.9. The third-order valence-electron chi connectivity index (χ3n) is 5.76. The van der Waals surface area contributed by atoms with Gasteiger partial charge in [0.15, 0.2) is 0 Å². The number of nitrogens with one attached hydrogen (secondary N) is 2. The van der Waals surface area contributed by atoms with Crippen molar-refractivity contribution in [3.63, 3.8) is 0 Å². The number of carbonyl (C=O) groups is 3. The summed E-state index contributed by atoms with van der Waals surface area (Å²) in [6.45, 7) is 4.37. The topological polar surface area (TPSA) is 78.5 Å². The molecule has 1 aromatic carbocycles. The van der Waals surface area contributed by atoms with Crippen LogP contribution in [0.5, 0.6) is 0 Å². The smallest absolute Gasteiger partial charge is 0.251 e. The monoisotopic (exact) mass is 385 g/mol. The first-order valence-electron chi connectivity index (χ1n) is 10.5. The van der Waals surface area contributed by atoms with Crippen molar-refractivity contribution in [3.05, 3.63) is 29.8 Å². The van der Waals surface area contributed by atoms with E-state index < -0.39 is 0 Å². The lowest BCUT2D eigenvalue weighted by Gasteiger charge is -2.20. The van der Waals surface area contributed by atoms with E-state index in [0.717, 1.165) is 12.8 Å². The molecule has 1 atom stereocenters. The summed E-state index contributed by atoms with van der Waals surface area (Å²) >= 11 is 0. The first kappa shape index (κ1) is 20.4.